The van der Waals surface area contributed by atoms with E-state index in [0.29, 0.717) is 0 Å². The van der Waals surface area contributed by atoms with Crippen LogP contribution < -0.4 is 11.2 Å². The first-order valence-corrected chi connectivity index (χ1v) is 12.9. The molecule has 2 heterocycles. The van der Waals surface area contributed by atoms with Gasteiger partial charge in [0.25, 0.3) is 5.56 Å². The molecule has 5 aromatic rings. The maximum Gasteiger partial charge on any atom is 0.332 e. The van der Waals surface area contributed by atoms with Crippen LogP contribution in [0.15, 0.2) is 58.1 Å². The van der Waals surface area contributed by atoms with Gasteiger partial charge in [-0.1, -0.05) is 48.5 Å². The summed E-state index contributed by atoms with van der Waals surface area (Å²) in [4.78, 5) is 28.3. The molecule has 0 radical (unpaired) electrons. The van der Waals surface area contributed by atoms with Crippen LogP contribution in [0.1, 0.15) is 60.2 Å². The Morgan fingerprint density at radius 2 is 1.74 bits per heavy atom. The molecule has 1 aliphatic rings. The molecule has 0 N–H and O–H groups in total. The number of benzene rings is 3. The molecule has 1 aliphatic carbocycles. The third-order valence-electron chi connectivity index (χ3n) is 7.58. The fourth-order valence-electron chi connectivity index (χ4n) is 6.01. The Balaban J connectivity index is 1.65. The molecule has 3 aromatic carbocycles. The van der Waals surface area contributed by atoms with E-state index < -0.39 is 0 Å². The molecule has 0 saturated carbocycles. The van der Waals surface area contributed by atoms with Crippen molar-refractivity contribution in [1.82, 2.24) is 9.13 Å². The Morgan fingerprint density at radius 3 is 2.53 bits per heavy atom. The highest BCUT2D eigenvalue weighted by Gasteiger charge is 2.30. The predicted molar refractivity (Wildman–Crippen MR) is 143 cm³/mol. The second kappa shape index (κ2) is 7.67. The molecule has 0 bridgehead atoms. The summed E-state index contributed by atoms with van der Waals surface area (Å²) in [5.41, 5.74) is 3.46. The zero-order valence-corrected chi connectivity index (χ0v) is 20.8. The van der Waals surface area contributed by atoms with Gasteiger partial charge in [0.2, 0.25) is 0 Å². The Labute approximate surface area is 202 Å². The first-order valence-electron chi connectivity index (χ1n) is 12.1. The van der Waals surface area contributed by atoms with Crippen molar-refractivity contribution in [2.45, 2.75) is 52.0 Å². The molecule has 4 nitrogen and oxygen atoms in total. The fourth-order valence-corrected chi connectivity index (χ4v) is 7.34. The third kappa shape index (κ3) is 2.89. The van der Waals surface area contributed by atoms with Gasteiger partial charge < -0.3 is 0 Å². The molecule has 6 rings (SSSR count). The van der Waals surface area contributed by atoms with Crippen LogP contribution in [-0.2, 0) is 13.5 Å². The standard InChI is InChI=1S/C29H28N2O2S/c1-16(2)31-28-26(27(32)30(4)29(31)33)25(17(3)34-28)24-11-7-10-20-22-13-12-18-8-5-6-9-19(18)21(22)14-15-23(20)24/h5-6,8-9,12-16,24H,7,10-11H2,1-4H3. The molecule has 172 valence electrons. The molecule has 0 fully saturated rings. The first kappa shape index (κ1) is 21.4. The summed E-state index contributed by atoms with van der Waals surface area (Å²) in [7, 11) is 1.60. The normalized spacial score (nSPS) is 16.1. The minimum atomic E-state index is -0.234. The van der Waals surface area contributed by atoms with Gasteiger partial charge in [-0.3, -0.25) is 13.9 Å². The van der Waals surface area contributed by atoms with Crippen LogP contribution in [0.3, 0.4) is 0 Å². The van der Waals surface area contributed by atoms with Gasteiger partial charge in [-0.25, -0.2) is 4.79 Å². The minimum absolute atomic E-state index is 0.0106. The number of hydrogen-bond donors (Lipinski definition) is 0. The van der Waals surface area contributed by atoms with E-state index in [9.17, 15) is 9.59 Å². The van der Waals surface area contributed by atoms with Crippen LogP contribution in [0.25, 0.3) is 31.8 Å². The van der Waals surface area contributed by atoms with Crippen molar-refractivity contribution in [3.8, 4) is 0 Å². The van der Waals surface area contributed by atoms with Crippen molar-refractivity contribution < 1.29 is 0 Å². The van der Waals surface area contributed by atoms with Gasteiger partial charge in [0.1, 0.15) is 4.83 Å². The summed E-state index contributed by atoms with van der Waals surface area (Å²) in [6.07, 6.45) is 3.16. The lowest BCUT2D eigenvalue weighted by Gasteiger charge is -2.28. The molecule has 1 atom stereocenters. The quantitative estimate of drug-likeness (QED) is 0.280. The molecule has 0 amide bonds. The lowest BCUT2D eigenvalue weighted by molar-refractivity contribution is 0.558. The first-order chi connectivity index (χ1) is 16.4. The van der Waals surface area contributed by atoms with Crippen molar-refractivity contribution >= 4 is 43.1 Å². The van der Waals surface area contributed by atoms with Gasteiger partial charge in [-0.05, 0) is 78.3 Å². The topological polar surface area (TPSA) is 44.0 Å². The van der Waals surface area contributed by atoms with Gasteiger partial charge in [0.05, 0.1) is 5.39 Å². The van der Waals surface area contributed by atoms with Crippen molar-refractivity contribution in [3.63, 3.8) is 0 Å². The fraction of sp³-hybridized carbons (Fsp3) is 0.310. The van der Waals surface area contributed by atoms with E-state index in [4.69, 9.17) is 0 Å². The highest BCUT2D eigenvalue weighted by atomic mass is 32.1. The van der Waals surface area contributed by atoms with Gasteiger partial charge >= 0.3 is 5.69 Å². The molecule has 5 heteroatoms. The summed E-state index contributed by atoms with van der Waals surface area (Å²) in [5, 5.41) is 5.91. The molecule has 2 aromatic heterocycles. The molecular weight excluding hydrogens is 440 g/mol. The van der Waals surface area contributed by atoms with E-state index in [0.717, 1.165) is 39.9 Å². The van der Waals surface area contributed by atoms with Gasteiger partial charge in [0, 0.05) is 23.9 Å². The van der Waals surface area contributed by atoms with E-state index >= 15 is 0 Å². The van der Waals surface area contributed by atoms with Crippen LogP contribution >= 0.6 is 11.3 Å². The number of hydrogen-bond acceptors (Lipinski definition) is 3. The SMILES string of the molecule is Cc1sc2c(c1C1CCCc3c1ccc1c3ccc3ccccc31)c(=O)n(C)c(=O)n2C(C)C. The number of aromatic nitrogens is 2. The molecule has 0 spiro atoms. The zero-order chi connectivity index (χ0) is 23.7. The predicted octanol–water partition coefficient (Wildman–Crippen LogP) is 6.43. The van der Waals surface area contributed by atoms with Crippen LogP contribution in [0.5, 0.6) is 0 Å². The van der Waals surface area contributed by atoms with E-state index in [1.807, 2.05) is 13.8 Å². The monoisotopic (exact) mass is 468 g/mol. The number of fused-ring (bicyclic) bond motifs is 6. The Morgan fingerprint density at radius 1 is 0.971 bits per heavy atom. The Bertz CT molecular complexity index is 1740. The van der Waals surface area contributed by atoms with Crippen LogP contribution in [-0.4, -0.2) is 9.13 Å². The molecule has 0 saturated heterocycles. The average molecular weight is 469 g/mol. The lowest BCUT2D eigenvalue weighted by atomic mass is 9.76. The smallest absolute Gasteiger partial charge is 0.282 e. The largest absolute Gasteiger partial charge is 0.332 e. The molecule has 34 heavy (non-hydrogen) atoms. The summed E-state index contributed by atoms with van der Waals surface area (Å²) in [5.74, 6) is 0.166. The van der Waals surface area contributed by atoms with Crippen molar-refractivity contribution in [2.75, 3.05) is 0 Å². The summed E-state index contributed by atoms with van der Waals surface area (Å²) >= 11 is 1.59. The van der Waals surface area contributed by atoms with Crippen LogP contribution in [0.4, 0.5) is 0 Å². The van der Waals surface area contributed by atoms with Crippen molar-refractivity contribution in [2.24, 2.45) is 7.05 Å². The maximum atomic E-state index is 13.4. The zero-order valence-electron chi connectivity index (χ0n) is 20.0. The highest BCUT2D eigenvalue weighted by Crippen LogP contribution is 2.45. The van der Waals surface area contributed by atoms with E-state index in [1.54, 1.807) is 23.0 Å². The average Bonchev–Trinajstić information content (AvgIpc) is 3.17. The Kier molecular flexibility index (Phi) is 4.82. The van der Waals surface area contributed by atoms with Gasteiger partial charge in [-0.15, -0.1) is 11.3 Å². The molecule has 1 unspecified atom stereocenters. The molecule has 0 aliphatic heterocycles. The summed E-state index contributed by atoms with van der Waals surface area (Å²) in [6.45, 7) is 6.12. The van der Waals surface area contributed by atoms with E-state index in [-0.39, 0.29) is 23.2 Å². The number of thiophene rings is 1. The van der Waals surface area contributed by atoms with Crippen molar-refractivity contribution in [3.05, 3.63) is 90.9 Å². The molecular formula is C29H28N2O2S. The lowest BCUT2D eigenvalue weighted by Crippen LogP contribution is -2.38. The van der Waals surface area contributed by atoms with Crippen LogP contribution in [0, 0.1) is 6.92 Å². The summed E-state index contributed by atoms with van der Waals surface area (Å²) < 4.78 is 3.07. The number of aryl methyl sites for hydroxylation is 2. The highest BCUT2D eigenvalue weighted by molar-refractivity contribution is 7.18. The second-order valence-corrected chi connectivity index (χ2v) is 11.0. The number of rotatable bonds is 2. The van der Waals surface area contributed by atoms with E-state index in [2.05, 4.69) is 55.5 Å². The number of nitrogens with zero attached hydrogens (tertiary/aromatic N) is 2. The summed E-state index contributed by atoms with van der Waals surface area (Å²) in [6, 6.07) is 17.6. The van der Waals surface area contributed by atoms with E-state index in [1.165, 1.54) is 37.2 Å². The second-order valence-electron chi connectivity index (χ2n) is 9.82. The van der Waals surface area contributed by atoms with Gasteiger partial charge in [-0.2, -0.15) is 0 Å². The Hall–Kier alpha value is -3.18. The van der Waals surface area contributed by atoms with Crippen molar-refractivity contribution in [1.29, 1.82) is 0 Å². The maximum absolute atomic E-state index is 13.4. The van der Waals surface area contributed by atoms with Gasteiger partial charge in [0.15, 0.2) is 0 Å². The third-order valence-corrected chi connectivity index (χ3v) is 8.70. The minimum Gasteiger partial charge on any atom is -0.282 e. The van der Waals surface area contributed by atoms with Crippen LogP contribution in [0.2, 0.25) is 0 Å².